The average Bonchev–Trinajstić information content (AvgIpc) is 2.59. The molecule has 0 saturated heterocycles. The van der Waals surface area contributed by atoms with E-state index in [2.05, 4.69) is 22.8 Å². The molecule has 25 heavy (non-hydrogen) atoms. The Labute approximate surface area is 146 Å². The van der Waals surface area contributed by atoms with Crippen molar-refractivity contribution in [3.05, 3.63) is 47.0 Å². The number of hydrogen-bond donors (Lipinski definition) is 5. The van der Waals surface area contributed by atoms with Gasteiger partial charge in [-0.2, -0.15) is 0 Å². The van der Waals surface area contributed by atoms with E-state index in [1.165, 1.54) is 24.0 Å². The number of hydrogen-bond acceptors (Lipinski definition) is 4. The Morgan fingerprint density at radius 2 is 1.64 bits per heavy atom. The van der Waals surface area contributed by atoms with Crippen molar-refractivity contribution < 1.29 is 20.1 Å². The zero-order valence-electron chi connectivity index (χ0n) is 14.0. The first-order valence-corrected chi connectivity index (χ1v) is 8.38. The highest BCUT2D eigenvalue weighted by Crippen LogP contribution is 2.37. The molecule has 0 aromatic heterocycles. The molecule has 0 saturated carbocycles. The van der Waals surface area contributed by atoms with E-state index in [0.717, 1.165) is 30.5 Å². The molecule has 2 aromatic rings. The smallest absolute Gasteiger partial charge is 0.319 e. The van der Waals surface area contributed by atoms with E-state index in [1.54, 1.807) is 0 Å². The fraction of sp³-hybridized carbons (Fsp3) is 0.316. The number of benzene rings is 2. The van der Waals surface area contributed by atoms with Crippen LogP contribution in [0, 0.1) is 0 Å². The van der Waals surface area contributed by atoms with Crippen LogP contribution in [0.1, 0.15) is 42.5 Å². The van der Waals surface area contributed by atoms with Crippen LogP contribution in [0.4, 0.5) is 10.5 Å². The van der Waals surface area contributed by atoms with Crippen LogP contribution in [-0.2, 0) is 12.8 Å². The molecule has 0 aliphatic heterocycles. The van der Waals surface area contributed by atoms with Gasteiger partial charge in [-0.15, -0.1) is 0 Å². The van der Waals surface area contributed by atoms with Crippen molar-refractivity contribution in [1.29, 1.82) is 0 Å². The number of nitrogens with one attached hydrogen (secondary N) is 2. The number of rotatable bonds is 3. The van der Waals surface area contributed by atoms with Crippen LogP contribution < -0.4 is 10.6 Å². The Hall–Kier alpha value is -2.89. The number of phenolic OH excluding ortho intramolecular Hbond substituents is 3. The molecule has 2 aromatic carbocycles. The van der Waals surface area contributed by atoms with Crippen molar-refractivity contribution >= 4 is 11.7 Å². The molecule has 5 N–H and O–H groups in total. The van der Waals surface area contributed by atoms with Gasteiger partial charge in [-0.05, 0) is 49.3 Å². The van der Waals surface area contributed by atoms with Crippen molar-refractivity contribution in [2.75, 3.05) is 5.32 Å². The van der Waals surface area contributed by atoms with Crippen LogP contribution in [-0.4, -0.2) is 21.4 Å². The third-order valence-electron chi connectivity index (χ3n) is 4.55. The van der Waals surface area contributed by atoms with E-state index in [1.807, 2.05) is 13.0 Å². The summed E-state index contributed by atoms with van der Waals surface area (Å²) in [5.41, 5.74) is 3.96. The number of anilines is 1. The topological polar surface area (TPSA) is 102 Å². The predicted octanol–water partition coefficient (Wildman–Crippen LogP) is 3.56. The van der Waals surface area contributed by atoms with Crippen molar-refractivity contribution in [3.8, 4) is 17.2 Å². The minimum atomic E-state index is -0.617. The standard InChI is InChI=1S/C19H22N2O4/c1-11(13-7-6-12-4-2-3-5-14(12)8-13)20-19(25)21-15-9-16(22)18(24)17(23)10-15/h6-11,22-24H,2-5H2,1H3,(H2,20,21,25). The molecule has 1 aliphatic carbocycles. The molecule has 0 spiro atoms. The van der Waals surface area contributed by atoms with E-state index in [4.69, 9.17) is 0 Å². The third kappa shape index (κ3) is 3.79. The molecule has 3 rings (SSSR count). The number of carbonyl (C=O) groups excluding carboxylic acids is 1. The quantitative estimate of drug-likeness (QED) is 0.435. The molecule has 6 nitrogen and oxygen atoms in total. The van der Waals surface area contributed by atoms with E-state index in [0.29, 0.717) is 0 Å². The summed E-state index contributed by atoms with van der Waals surface area (Å²) in [4.78, 5) is 12.1. The average molecular weight is 342 g/mol. The van der Waals surface area contributed by atoms with E-state index >= 15 is 0 Å². The molecule has 0 fully saturated rings. The monoisotopic (exact) mass is 342 g/mol. The second-order valence-electron chi connectivity index (χ2n) is 6.42. The van der Waals surface area contributed by atoms with Crippen LogP contribution in [0.3, 0.4) is 0 Å². The molecule has 0 heterocycles. The number of aromatic hydroxyl groups is 3. The van der Waals surface area contributed by atoms with Gasteiger partial charge in [-0.1, -0.05) is 18.2 Å². The molecule has 0 radical (unpaired) electrons. The normalized spacial score (nSPS) is 14.4. The largest absolute Gasteiger partial charge is 0.504 e. The van der Waals surface area contributed by atoms with Gasteiger partial charge in [0.05, 0.1) is 11.7 Å². The first kappa shape index (κ1) is 17.0. The summed E-state index contributed by atoms with van der Waals surface area (Å²) in [6.07, 6.45) is 4.63. The zero-order chi connectivity index (χ0) is 18.0. The second kappa shape index (κ2) is 6.93. The van der Waals surface area contributed by atoms with Gasteiger partial charge in [0.25, 0.3) is 0 Å². The molecular formula is C19H22N2O4. The number of fused-ring (bicyclic) bond motifs is 1. The molecule has 132 valence electrons. The maximum atomic E-state index is 12.1. The highest BCUT2D eigenvalue weighted by Gasteiger charge is 2.15. The predicted molar refractivity (Wildman–Crippen MR) is 95.1 cm³/mol. The summed E-state index contributed by atoms with van der Waals surface area (Å²) in [6.45, 7) is 1.90. The molecular weight excluding hydrogens is 320 g/mol. The zero-order valence-corrected chi connectivity index (χ0v) is 14.0. The van der Waals surface area contributed by atoms with E-state index in [-0.39, 0.29) is 11.7 Å². The second-order valence-corrected chi connectivity index (χ2v) is 6.42. The lowest BCUT2D eigenvalue weighted by Gasteiger charge is -2.20. The Bertz CT molecular complexity index is 781. The summed E-state index contributed by atoms with van der Waals surface area (Å²) >= 11 is 0. The minimum Gasteiger partial charge on any atom is -0.504 e. The molecule has 1 aliphatic rings. The molecule has 0 bridgehead atoms. The van der Waals surface area contributed by atoms with Crippen molar-refractivity contribution in [2.24, 2.45) is 0 Å². The van der Waals surface area contributed by atoms with Crippen molar-refractivity contribution in [1.82, 2.24) is 5.32 Å². The van der Waals surface area contributed by atoms with Crippen molar-refractivity contribution in [3.63, 3.8) is 0 Å². The number of aryl methyl sites for hydroxylation is 2. The molecule has 2 amide bonds. The number of carbonyl (C=O) groups is 1. The van der Waals surface area contributed by atoms with Crippen LogP contribution in [0.15, 0.2) is 30.3 Å². The maximum absolute atomic E-state index is 12.1. The van der Waals surface area contributed by atoms with E-state index in [9.17, 15) is 20.1 Å². The SMILES string of the molecule is CC(NC(=O)Nc1cc(O)c(O)c(O)c1)c1ccc2c(c1)CCCC2. The Balaban J connectivity index is 1.66. The van der Waals surface area contributed by atoms with Gasteiger partial charge in [0.1, 0.15) is 0 Å². The Kier molecular flexibility index (Phi) is 4.70. The first-order valence-electron chi connectivity index (χ1n) is 8.38. The van der Waals surface area contributed by atoms with Crippen molar-refractivity contribution in [2.45, 2.75) is 38.6 Å². The van der Waals surface area contributed by atoms with Gasteiger partial charge in [0.2, 0.25) is 0 Å². The lowest BCUT2D eigenvalue weighted by atomic mass is 9.89. The number of phenols is 3. The third-order valence-corrected chi connectivity index (χ3v) is 4.55. The summed E-state index contributed by atoms with van der Waals surface area (Å²) in [6, 6.07) is 8.00. The highest BCUT2D eigenvalue weighted by atomic mass is 16.3. The van der Waals surface area contributed by atoms with Gasteiger partial charge < -0.3 is 26.0 Å². The van der Waals surface area contributed by atoms with Gasteiger partial charge in [0, 0.05) is 12.1 Å². The highest BCUT2D eigenvalue weighted by molar-refractivity contribution is 5.90. The summed E-state index contributed by atoms with van der Waals surface area (Å²) in [5.74, 6) is -1.62. The summed E-state index contributed by atoms with van der Waals surface area (Å²) in [7, 11) is 0. The summed E-state index contributed by atoms with van der Waals surface area (Å²) < 4.78 is 0. The van der Waals surface area contributed by atoms with Gasteiger partial charge >= 0.3 is 6.03 Å². The fourth-order valence-electron chi connectivity index (χ4n) is 3.15. The van der Waals surface area contributed by atoms with Crippen LogP contribution in [0.2, 0.25) is 0 Å². The van der Waals surface area contributed by atoms with Gasteiger partial charge in [-0.3, -0.25) is 0 Å². The lowest BCUT2D eigenvalue weighted by Crippen LogP contribution is -2.31. The lowest BCUT2D eigenvalue weighted by molar-refractivity contribution is 0.249. The number of urea groups is 1. The van der Waals surface area contributed by atoms with Gasteiger partial charge in [0.15, 0.2) is 17.2 Å². The van der Waals surface area contributed by atoms with Crippen LogP contribution in [0.5, 0.6) is 17.2 Å². The Morgan fingerprint density at radius 1 is 1.00 bits per heavy atom. The fourth-order valence-corrected chi connectivity index (χ4v) is 3.15. The first-order chi connectivity index (χ1) is 11.9. The van der Waals surface area contributed by atoms with Gasteiger partial charge in [-0.25, -0.2) is 4.79 Å². The van der Waals surface area contributed by atoms with E-state index < -0.39 is 23.3 Å². The Morgan fingerprint density at radius 3 is 2.32 bits per heavy atom. The number of amides is 2. The molecule has 1 unspecified atom stereocenters. The maximum Gasteiger partial charge on any atom is 0.319 e. The molecule has 1 atom stereocenters. The minimum absolute atomic E-state index is 0.183. The van der Waals surface area contributed by atoms with Crippen LogP contribution >= 0.6 is 0 Å². The summed E-state index contributed by atoms with van der Waals surface area (Å²) in [5, 5.41) is 33.7. The molecule has 6 heteroatoms. The van der Waals surface area contributed by atoms with Crippen LogP contribution in [0.25, 0.3) is 0 Å².